The Morgan fingerprint density at radius 2 is 1.34 bits per heavy atom. The summed E-state index contributed by atoms with van der Waals surface area (Å²) in [5.41, 5.74) is 3.12. The summed E-state index contributed by atoms with van der Waals surface area (Å²) in [5, 5.41) is 12.8. The van der Waals surface area contributed by atoms with Gasteiger partial charge in [0.1, 0.15) is 17.2 Å². The highest BCUT2D eigenvalue weighted by atomic mass is 35.5. The zero-order valence-corrected chi connectivity index (χ0v) is 30.5. The molecule has 258 valence electrons. The molecule has 4 unspecified atom stereocenters. The van der Waals surface area contributed by atoms with Gasteiger partial charge in [0.2, 0.25) is 5.60 Å². The summed E-state index contributed by atoms with van der Waals surface area (Å²) in [4.78, 5) is 28.2. The molecule has 2 aliphatic carbocycles. The van der Waals surface area contributed by atoms with E-state index in [1.54, 1.807) is 4.68 Å². The molecule has 12 heteroatoms. The largest absolute Gasteiger partial charge is 0.457 e. The van der Waals surface area contributed by atoms with Crippen molar-refractivity contribution in [1.29, 1.82) is 0 Å². The maximum absolute atomic E-state index is 14.2. The minimum Gasteiger partial charge on any atom is -0.457 e. The predicted molar refractivity (Wildman–Crippen MR) is 192 cm³/mol. The average molecular weight is 714 g/mol. The summed E-state index contributed by atoms with van der Waals surface area (Å²) in [6.07, 6.45) is 4.85. The van der Waals surface area contributed by atoms with Crippen molar-refractivity contribution in [1.82, 2.24) is 28.7 Å². The first-order chi connectivity index (χ1) is 23.7. The van der Waals surface area contributed by atoms with Gasteiger partial charge in [-0.15, -0.1) is 0 Å². The number of hydrogen-bond acceptors (Lipinski definition) is 6. The van der Waals surface area contributed by atoms with Crippen LogP contribution < -0.4 is 0 Å². The number of aryl methyl sites for hydroxylation is 4. The van der Waals surface area contributed by atoms with Gasteiger partial charge >= 0.3 is 11.9 Å². The first-order valence-corrected chi connectivity index (χ1v) is 17.5. The molecular weight excluding hydrogens is 675 g/mol. The highest BCUT2D eigenvalue weighted by Crippen LogP contribution is 2.60. The Labute approximate surface area is 299 Å². The summed E-state index contributed by atoms with van der Waals surface area (Å²) >= 11 is 12.6. The third-order valence-electron chi connectivity index (χ3n) is 9.99. The van der Waals surface area contributed by atoms with Crippen LogP contribution >= 0.6 is 23.2 Å². The van der Waals surface area contributed by atoms with Gasteiger partial charge < -0.3 is 18.6 Å². The molecule has 0 spiro atoms. The molecule has 0 N–H and O–H groups in total. The van der Waals surface area contributed by atoms with Crippen LogP contribution in [-0.4, -0.2) is 51.8 Å². The van der Waals surface area contributed by atoms with Gasteiger partial charge in [-0.2, -0.15) is 10.2 Å². The molecule has 4 atom stereocenters. The molecular formula is C38H38Cl2N6O4. The van der Waals surface area contributed by atoms with Gasteiger partial charge in [-0.1, -0.05) is 23.2 Å². The highest BCUT2D eigenvalue weighted by Gasteiger charge is 2.69. The molecule has 2 saturated carbocycles. The lowest BCUT2D eigenvalue weighted by atomic mass is 10.1. The first-order valence-electron chi connectivity index (χ1n) is 16.7. The van der Waals surface area contributed by atoms with Gasteiger partial charge in [0.15, 0.2) is 0 Å². The predicted octanol–water partition coefficient (Wildman–Crippen LogP) is 7.88. The van der Waals surface area contributed by atoms with Crippen molar-refractivity contribution >= 4 is 56.9 Å². The molecule has 0 bridgehead atoms. The van der Waals surface area contributed by atoms with Gasteiger partial charge in [0, 0.05) is 76.7 Å². The number of fused-ring (bicyclic) bond motifs is 2. The highest BCUT2D eigenvalue weighted by molar-refractivity contribution is 6.31. The molecule has 0 amide bonds. The average Bonchev–Trinajstić information content (AvgIpc) is 3.78. The fourth-order valence-electron chi connectivity index (χ4n) is 7.69. The van der Waals surface area contributed by atoms with E-state index in [0.29, 0.717) is 22.9 Å². The van der Waals surface area contributed by atoms with Crippen molar-refractivity contribution in [2.75, 3.05) is 0 Å². The van der Waals surface area contributed by atoms with E-state index in [4.69, 9.17) is 42.9 Å². The SMILES string of the molecule is Cc1nn(C)c(-n2ccc3cc(Cl)ccc32)c1C1CC1C(=O)OC1(C(=O)OC(C)(C)C)CC1c1c(C)nn(C)c1-n1ccc2cc(Cl)ccc21. The number of halogens is 2. The lowest BCUT2D eigenvalue weighted by molar-refractivity contribution is -0.180. The second-order valence-corrected chi connectivity index (χ2v) is 15.6. The summed E-state index contributed by atoms with van der Waals surface area (Å²) in [7, 11) is 3.79. The summed E-state index contributed by atoms with van der Waals surface area (Å²) in [5.74, 6) is -0.256. The summed E-state index contributed by atoms with van der Waals surface area (Å²) in [6.45, 7) is 9.34. The van der Waals surface area contributed by atoms with Crippen LogP contribution in [0, 0.1) is 19.8 Å². The van der Waals surface area contributed by atoms with E-state index in [0.717, 1.165) is 56.0 Å². The van der Waals surface area contributed by atoms with Gasteiger partial charge in [-0.05, 0) is 89.6 Å². The van der Waals surface area contributed by atoms with Crippen molar-refractivity contribution in [2.24, 2.45) is 20.0 Å². The van der Waals surface area contributed by atoms with E-state index in [9.17, 15) is 9.59 Å². The van der Waals surface area contributed by atoms with Crippen LogP contribution in [0.1, 0.15) is 68.0 Å². The molecule has 6 aromatic rings. The maximum Gasteiger partial charge on any atom is 0.351 e. The molecule has 10 nitrogen and oxygen atoms in total. The molecule has 0 radical (unpaired) electrons. The smallest absolute Gasteiger partial charge is 0.351 e. The Bertz CT molecular complexity index is 2380. The van der Waals surface area contributed by atoms with Crippen molar-refractivity contribution in [2.45, 2.75) is 70.5 Å². The van der Waals surface area contributed by atoms with Crippen LogP contribution in [0.15, 0.2) is 60.9 Å². The number of rotatable bonds is 7. The molecule has 0 saturated heterocycles. The lowest BCUT2D eigenvalue weighted by Gasteiger charge is -2.25. The molecule has 0 aliphatic heterocycles. The minimum absolute atomic E-state index is 0.113. The number of hydrogen-bond donors (Lipinski definition) is 0. The number of esters is 2. The van der Waals surface area contributed by atoms with E-state index >= 15 is 0 Å². The number of carbonyl (C=O) groups is 2. The monoisotopic (exact) mass is 712 g/mol. The fourth-order valence-corrected chi connectivity index (χ4v) is 8.05. The Morgan fingerprint density at radius 3 is 1.88 bits per heavy atom. The molecule has 50 heavy (non-hydrogen) atoms. The second-order valence-electron chi connectivity index (χ2n) is 14.7. The third-order valence-corrected chi connectivity index (χ3v) is 10.5. The number of aromatic nitrogens is 6. The van der Waals surface area contributed by atoms with Crippen LogP contribution in [-0.2, 0) is 33.2 Å². The second kappa shape index (κ2) is 11.2. The van der Waals surface area contributed by atoms with Crippen molar-refractivity contribution < 1.29 is 19.1 Å². The van der Waals surface area contributed by atoms with Gasteiger partial charge in [-0.3, -0.25) is 14.2 Å². The Balaban J connectivity index is 1.13. The van der Waals surface area contributed by atoms with Crippen LogP contribution in [0.5, 0.6) is 0 Å². The van der Waals surface area contributed by atoms with Gasteiger partial charge in [-0.25, -0.2) is 4.79 Å². The number of benzene rings is 2. The van der Waals surface area contributed by atoms with E-state index in [-0.39, 0.29) is 5.92 Å². The van der Waals surface area contributed by atoms with Crippen LogP contribution in [0.25, 0.3) is 33.4 Å². The Hall–Kier alpha value is -4.54. The molecule has 4 heterocycles. The van der Waals surface area contributed by atoms with Crippen molar-refractivity contribution in [3.8, 4) is 11.6 Å². The van der Waals surface area contributed by atoms with Gasteiger partial charge in [0.05, 0.1) is 28.3 Å². The maximum atomic E-state index is 14.2. The topological polar surface area (TPSA) is 98.1 Å². The molecule has 2 aromatic carbocycles. The zero-order chi connectivity index (χ0) is 35.4. The van der Waals surface area contributed by atoms with E-state index < -0.39 is 35.0 Å². The van der Waals surface area contributed by atoms with E-state index in [2.05, 4.69) is 4.57 Å². The van der Waals surface area contributed by atoms with Gasteiger partial charge in [0.25, 0.3) is 0 Å². The van der Waals surface area contributed by atoms with Crippen LogP contribution in [0.2, 0.25) is 10.0 Å². The number of carbonyl (C=O) groups excluding carboxylic acids is 2. The molecule has 4 aromatic heterocycles. The molecule has 2 fully saturated rings. The molecule has 8 rings (SSSR count). The molecule has 2 aliphatic rings. The van der Waals surface area contributed by atoms with Crippen molar-refractivity contribution in [3.63, 3.8) is 0 Å². The lowest BCUT2D eigenvalue weighted by Crippen LogP contribution is -2.38. The summed E-state index contributed by atoms with van der Waals surface area (Å²) < 4.78 is 20.1. The Morgan fingerprint density at radius 1 is 0.820 bits per heavy atom. The normalized spacial score (nSPS) is 21.6. The van der Waals surface area contributed by atoms with E-state index in [1.807, 2.05) is 119 Å². The van der Waals surface area contributed by atoms with Crippen LogP contribution in [0.3, 0.4) is 0 Å². The first kappa shape index (κ1) is 32.7. The van der Waals surface area contributed by atoms with Crippen molar-refractivity contribution in [3.05, 3.63) is 93.5 Å². The summed E-state index contributed by atoms with van der Waals surface area (Å²) in [6, 6.07) is 15.5. The van der Waals surface area contributed by atoms with Crippen LogP contribution in [0.4, 0.5) is 0 Å². The Kier molecular flexibility index (Phi) is 7.34. The minimum atomic E-state index is -1.48. The number of nitrogens with zero attached hydrogens (tertiary/aromatic N) is 6. The standard InChI is InChI=1S/C38H38Cl2N6O4/c1-20-31(33(43(6)41-20)45-14-12-22-16-24(39)8-10-29(22)45)26-18-27(26)35(47)49-38(36(48)50-37(3,4)5)19-28(38)32-21(2)42-44(7)34(32)46-15-13-23-17-25(40)9-11-30(23)46/h8-17,26-28H,18-19H2,1-7H3. The number of ether oxygens (including phenoxy) is 2. The fraction of sp³-hybridized carbons (Fsp3) is 0.368. The van der Waals surface area contributed by atoms with E-state index in [1.165, 1.54) is 0 Å². The quantitative estimate of drug-likeness (QED) is 0.156. The third kappa shape index (κ3) is 5.22. The zero-order valence-electron chi connectivity index (χ0n) is 29.0.